The normalized spacial score (nSPS) is 23.6. The molecule has 8 nitrogen and oxygen atoms in total. The van der Waals surface area contributed by atoms with Crippen LogP contribution in [0.1, 0.15) is 6.42 Å². The van der Waals surface area contributed by atoms with E-state index in [4.69, 9.17) is 0 Å². The van der Waals surface area contributed by atoms with Crippen molar-refractivity contribution in [1.82, 2.24) is 29.8 Å². The first-order valence-electron chi connectivity index (χ1n) is 7.35. The maximum atomic E-state index is 4.59. The maximum absolute atomic E-state index is 4.59. The van der Waals surface area contributed by atoms with Gasteiger partial charge in [0.05, 0.1) is 12.1 Å². The lowest BCUT2D eigenvalue weighted by atomic mass is 9.87. The van der Waals surface area contributed by atoms with E-state index in [9.17, 15) is 0 Å². The molecule has 0 radical (unpaired) electrons. The highest BCUT2D eigenvalue weighted by Crippen LogP contribution is 2.36. The summed E-state index contributed by atoms with van der Waals surface area (Å²) in [4.78, 5) is 13.1. The SMILES string of the molecule is c1cc(N2C3CC2CN(c2ccc4nncn4n2)C3)ncn1. The number of fused-ring (bicyclic) bond motifs is 3. The summed E-state index contributed by atoms with van der Waals surface area (Å²) in [5.74, 6) is 2.00. The molecule has 0 aromatic carbocycles. The third-order valence-electron chi connectivity index (χ3n) is 4.50. The number of rotatable bonds is 2. The summed E-state index contributed by atoms with van der Waals surface area (Å²) < 4.78 is 1.72. The van der Waals surface area contributed by atoms with Crippen LogP contribution in [0.15, 0.2) is 37.1 Å². The standard InChI is InChI=1S/C14H14N8/c1-2-14(19-21-9-17-18-13(1)21)20-6-10-5-11(7-20)22(10)12-3-4-15-8-16-12/h1-4,8-11H,5-7H2. The van der Waals surface area contributed by atoms with Crippen molar-refractivity contribution in [1.29, 1.82) is 0 Å². The van der Waals surface area contributed by atoms with Gasteiger partial charge in [-0.05, 0) is 24.6 Å². The van der Waals surface area contributed by atoms with Crippen molar-refractivity contribution < 1.29 is 0 Å². The van der Waals surface area contributed by atoms with Gasteiger partial charge in [-0.15, -0.1) is 15.3 Å². The van der Waals surface area contributed by atoms with Crippen molar-refractivity contribution in [3.63, 3.8) is 0 Å². The van der Waals surface area contributed by atoms with Crippen molar-refractivity contribution in [3.8, 4) is 0 Å². The molecule has 0 saturated carbocycles. The lowest BCUT2D eigenvalue weighted by Gasteiger charge is -2.57. The predicted octanol–water partition coefficient (Wildman–Crippen LogP) is 0.382. The summed E-state index contributed by atoms with van der Waals surface area (Å²) in [7, 11) is 0. The fourth-order valence-corrected chi connectivity index (χ4v) is 3.49. The quantitative estimate of drug-likeness (QED) is 0.676. The molecular weight excluding hydrogens is 280 g/mol. The van der Waals surface area contributed by atoms with E-state index in [1.54, 1.807) is 23.4 Å². The Kier molecular flexibility index (Phi) is 2.35. The molecule has 2 unspecified atom stereocenters. The molecule has 22 heavy (non-hydrogen) atoms. The number of aromatic nitrogens is 6. The number of piperidine rings is 1. The van der Waals surface area contributed by atoms with Crippen molar-refractivity contribution in [2.75, 3.05) is 22.9 Å². The Labute approximate surface area is 126 Å². The third-order valence-corrected chi connectivity index (χ3v) is 4.50. The zero-order valence-corrected chi connectivity index (χ0v) is 11.8. The summed E-state index contributed by atoms with van der Waals surface area (Å²) in [5, 5.41) is 12.4. The lowest BCUT2D eigenvalue weighted by molar-refractivity contribution is 0.287. The lowest BCUT2D eigenvalue weighted by Crippen LogP contribution is -2.69. The Morgan fingerprint density at radius 3 is 2.77 bits per heavy atom. The van der Waals surface area contributed by atoms with E-state index in [1.807, 2.05) is 18.2 Å². The molecule has 8 heteroatoms. The Morgan fingerprint density at radius 2 is 1.95 bits per heavy atom. The van der Waals surface area contributed by atoms with Gasteiger partial charge in [0.2, 0.25) is 0 Å². The van der Waals surface area contributed by atoms with Crippen LogP contribution in [0, 0.1) is 0 Å². The first kappa shape index (κ1) is 11.8. The molecular formula is C14H14N8. The Hall–Kier alpha value is -2.77. The van der Waals surface area contributed by atoms with Gasteiger partial charge < -0.3 is 9.80 Å². The summed E-state index contributed by atoms with van der Waals surface area (Å²) in [6.45, 7) is 1.92. The van der Waals surface area contributed by atoms with E-state index in [2.05, 4.69) is 35.1 Å². The largest absolute Gasteiger partial charge is 0.351 e. The van der Waals surface area contributed by atoms with Crippen LogP contribution in [-0.4, -0.2) is 55.0 Å². The topological polar surface area (TPSA) is 75.3 Å². The van der Waals surface area contributed by atoms with Crippen molar-refractivity contribution in [2.24, 2.45) is 0 Å². The molecule has 0 aliphatic carbocycles. The first-order valence-corrected chi connectivity index (χ1v) is 7.35. The molecule has 3 aliphatic rings. The van der Waals surface area contributed by atoms with Crippen molar-refractivity contribution in [2.45, 2.75) is 18.5 Å². The summed E-state index contributed by atoms with van der Waals surface area (Å²) >= 11 is 0. The number of hydrogen-bond donors (Lipinski definition) is 0. The number of nitrogens with zero attached hydrogens (tertiary/aromatic N) is 8. The fourth-order valence-electron chi connectivity index (χ4n) is 3.49. The van der Waals surface area contributed by atoms with Gasteiger partial charge in [-0.25, -0.2) is 9.97 Å². The second-order valence-corrected chi connectivity index (χ2v) is 5.75. The predicted molar refractivity (Wildman–Crippen MR) is 79.7 cm³/mol. The van der Waals surface area contributed by atoms with Gasteiger partial charge in [0.15, 0.2) is 5.65 Å². The van der Waals surface area contributed by atoms with Crippen LogP contribution >= 0.6 is 0 Å². The van der Waals surface area contributed by atoms with E-state index < -0.39 is 0 Å². The molecule has 0 N–H and O–H groups in total. The Balaban J connectivity index is 1.40. The summed E-state index contributed by atoms with van der Waals surface area (Å²) in [6.07, 6.45) is 6.27. The molecule has 3 fully saturated rings. The van der Waals surface area contributed by atoms with Crippen LogP contribution in [0.4, 0.5) is 11.6 Å². The van der Waals surface area contributed by atoms with E-state index in [1.165, 1.54) is 6.42 Å². The summed E-state index contributed by atoms with van der Waals surface area (Å²) in [5.41, 5.74) is 0.772. The Bertz CT molecular complexity index is 804. The molecule has 0 amide bonds. The molecule has 3 aromatic rings. The van der Waals surface area contributed by atoms with Gasteiger partial charge in [0, 0.05) is 19.3 Å². The van der Waals surface area contributed by atoms with Gasteiger partial charge in [0.1, 0.15) is 24.3 Å². The molecule has 2 atom stereocenters. The molecule has 2 bridgehead atoms. The molecule has 6 rings (SSSR count). The highest BCUT2D eigenvalue weighted by atomic mass is 15.4. The van der Waals surface area contributed by atoms with E-state index in [0.29, 0.717) is 12.1 Å². The van der Waals surface area contributed by atoms with Crippen LogP contribution in [0.25, 0.3) is 5.65 Å². The Morgan fingerprint density at radius 1 is 1.05 bits per heavy atom. The fraction of sp³-hybridized carbons (Fsp3) is 0.357. The minimum Gasteiger partial charge on any atom is -0.351 e. The number of hydrogen-bond acceptors (Lipinski definition) is 7. The zero-order chi connectivity index (χ0) is 14.5. The molecule has 3 aliphatic heterocycles. The van der Waals surface area contributed by atoms with Crippen LogP contribution in [-0.2, 0) is 0 Å². The maximum Gasteiger partial charge on any atom is 0.177 e. The average Bonchev–Trinajstić information content (AvgIpc) is 3.03. The van der Waals surface area contributed by atoms with Gasteiger partial charge >= 0.3 is 0 Å². The van der Waals surface area contributed by atoms with E-state index in [0.717, 1.165) is 30.4 Å². The average molecular weight is 294 g/mol. The molecule has 3 saturated heterocycles. The highest BCUT2D eigenvalue weighted by molar-refractivity contribution is 5.52. The second kappa shape index (κ2) is 4.36. The number of anilines is 2. The van der Waals surface area contributed by atoms with E-state index >= 15 is 0 Å². The molecule has 3 aromatic heterocycles. The minimum atomic E-state index is 0.493. The van der Waals surface area contributed by atoms with Crippen LogP contribution in [0.5, 0.6) is 0 Å². The van der Waals surface area contributed by atoms with Crippen LogP contribution in [0.3, 0.4) is 0 Å². The van der Waals surface area contributed by atoms with E-state index in [-0.39, 0.29) is 0 Å². The van der Waals surface area contributed by atoms with Gasteiger partial charge in [-0.3, -0.25) is 0 Å². The van der Waals surface area contributed by atoms with Crippen LogP contribution < -0.4 is 9.80 Å². The second-order valence-electron chi connectivity index (χ2n) is 5.75. The zero-order valence-electron chi connectivity index (χ0n) is 11.8. The smallest absolute Gasteiger partial charge is 0.177 e. The van der Waals surface area contributed by atoms with Gasteiger partial charge in [-0.1, -0.05) is 0 Å². The van der Waals surface area contributed by atoms with Crippen molar-refractivity contribution in [3.05, 3.63) is 37.1 Å². The molecule has 110 valence electrons. The van der Waals surface area contributed by atoms with Crippen LogP contribution in [0.2, 0.25) is 0 Å². The van der Waals surface area contributed by atoms with Gasteiger partial charge in [0.25, 0.3) is 0 Å². The summed E-state index contributed by atoms with van der Waals surface area (Å²) in [6, 6.07) is 6.94. The molecule has 6 heterocycles. The van der Waals surface area contributed by atoms with Crippen molar-refractivity contribution >= 4 is 17.3 Å². The van der Waals surface area contributed by atoms with Gasteiger partial charge in [-0.2, -0.15) is 4.52 Å². The number of piperazine rings is 1. The monoisotopic (exact) mass is 294 g/mol. The third kappa shape index (κ3) is 1.66. The first-order chi connectivity index (χ1) is 10.9. The highest BCUT2D eigenvalue weighted by Gasteiger charge is 2.45. The minimum absolute atomic E-state index is 0.493. The molecule has 0 spiro atoms.